The van der Waals surface area contributed by atoms with Crippen molar-refractivity contribution in [3.63, 3.8) is 0 Å². The van der Waals surface area contributed by atoms with E-state index in [0.717, 1.165) is 22.4 Å². The summed E-state index contributed by atoms with van der Waals surface area (Å²) in [5.74, 6) is -0.0582. The van der Waals surface area contributed by atoms with Crippen molar-refractivity contribution in [3.8, 4) is 0 Å². The summed E-state index contributed by atoms with van der Waals surface area (Å²) in [5, 5.41) is 6.37. The van der Waals surface area contributed by atoms with Crippen molar-refractivity contribution in [2.75, 3.05) is 10.6 Å². The van der Waals surface area contributed by atoms with E-state index in [1.807, 2.05) is 39.0 Å². The molecule has 3 rings (SSSR count). The number of carbonyl (C=O) groups is 1. The van der Waals surface area contributed by atoms with Crippen molar-refractivity contribution in [2.45, 2.75) is 34.2 Å². The molecule has 0 saturated heterocycles. The zero-order valence-corrected chi connectivity index (χ0v) is 17.6. The van der Waals surface area contributed by atoms with Crippen molar-refractivity contribution < 1.29 is 4.79 Å². The standard InChI is InChI=1S/C22H23ClN4O2/c1-13-5-6-19(18(23)10-13)26-20(28)12-27-21(29)11-16(4)24-22(27)25-17-8-14(2)7-15(3)9-17/h5-11H,12H2,1-4H3,(H,24,25)(H,26,28). The van der Waals surface area contributed by atoms with Crippen molar-refractivity contribution >= 4 is 34.8 Å². The van der Waals surface area contributed by atoms with Gasteiger partial charge in [-0.3, -0.25) is 14.2 Å². The molecule has 0 atom stereocenters. The Morgan fingerprint density at radius 2 is 1.69 bits per heavy atom. The number of carbonyl (C=O) groups excluding carboxylic acids is 1. The zero-order valence-electron chi connectivity index (χ0n) is 16.8. The number of hydrogen-bond donors (Lipinski definition) is 2. The van der Waals surface area contributed by atoms with Crippen LogP contribution in [0, 0.1) is 27.7 Å². The SMILES string of the molecule is Cc1cc(C)cc(Nc2nc(C)cc(=O)n2CC(=O)Nc2ccc(C)cc2Cl)c1. The third-order valence-electron chi connectivity index (χ3n) is 4.31. The highest BCUT2D eigenvalue weighted by molar-refractivity contribution is 6.33. The van der Waals surface area contributed by atoms with Gasteiger partial charge in [-0.1, -0.05) is 23.7 Å². The first-order valence-electron chi connectivity index (χ1n) is 9.21. The van der Waals surface area contributed by atoms with Crippen LogP contribution in [0.4, 0.5) is 17.3 Å². The quantitative estimate of drug-likeness (QED) is 0.648. The van der Waals surface area contributed by atoms with E-state index in [9.17, 15) is 9.59 Å². The highest BCUT2D eigenvalue weighted by atomic mass is 35.5. The Morgan fingerprint density at radius 1 is 1.00 bits per heavy atom. The van der Waals surface area contributed by atoms with Gasteiger partial charge in [0, 0.05) is 17.4 Å². The lowest BCUT2D eigenvalue weighted by molar-refractivity contribution is -0.116. The molecule has 2 aromatic carbocycles. The molecule has 1 aromatic heterocycles. The number of amides is 1. The maximum absolute atomic E-state index is 12.6. The Labute approximate surface area is 174 Å². The minimum absolute atomic E-state index is 0.191. The van der Waals surface area contributed by atoms with Crippen molar-refractivity contribution in [3.05, 3.63) is 80.2 Å². The largest absolute Gasteiger partial charge is 0.325 e. The average Bonchev–Trinajstić information content (AvgIpc) is 2.59. The van der Waals surface area contributed by atoms with Gasteiger partial charge in [0.05, 0.1) is 10.7 Å². The van der Waals surface area contributed by atoms with Crippen LogP contribution in [0.5, 0.6) is 0 Å². The minimum atomic E-state index is -0.369. The number of halogens is 1. The van der Waals surface area contributed by atoms with E-state index in [1.54, 1.807) is 19.1 Å². The molecule has 29 heavy (non-hydrogen) atoms. The molecule has 0 bridgehead atoms. The molecule has 2 N–H and O–H groups in total. The second-order valence-electron chi connectivity index (χ2n) is 7.18. The second kappa shape index (κ2) is 8.49. The summed E-state index contributed by atoms with van der Waals surface area (Å²) < 4.78 is 1.31. The van der Waals surface area contributed by atoms with E-state index in [4.69, 9.17) is 11.6 Å². The first-order chi connectivity index (χ1) is 13.7. The fourth-order valence-electron chi connectivity index (χ4n) is 3.10. The highest BCUT2D eigenvalue weighted by Gasteiger charge is 2.13. The van der Waals surface area contributed by atoms with Gasteiger partial charge in [-0.25, -0.2) is 4.98 Å². The molecular weight excluding hydrogens is 388 g/mol. The summed E-state index contributed by atoms with van der Waals surface area (Å²) in [6, 6.07) is 12.7. The molecule has 6 nitrogen and oxygen atoms in total. The van der Waals surface area contributed by atoms with Gasteiger partial charge in [-0.15, -0.1) is 0 Å². The summed E-state index contributed by atoms with van der Waals surface area (Å²) >= 11 is 6.19. The number of aryl methyl sites for hydroxylation is 4. The molecule has 0 radical (unpaired) electrons. The number of hydrogen-bond acceptors (Lipinski definition) is 4. The summed E-state index contributed by atoms with van der Waals surface area (Å²) in [7, 11) is 0. The van der Waals surface area contributed by atoms with Gasteiger partial charge in [0.1, 0.15) is 6.54 Å². The summed E-state index contributed by atoms with van der Waals surface area (Å²) in [4.78, 5) is 29.6. The van der Waals surface area contributed by atoms with E-state index in [1.165, 1.54) is 10.6 Å². The van der Waals surface area contributed by atoms with Gasteiger partial charge >= 0.3 is 0 Å². The number of rotatable bonds is 5. The van der Waals surface area contributed by atoms with Gasteiger partial charge in [0.15, 0.2) is 0 Å². The van der Waals surface area contributed by atoms with Crippen LogP contribution >= 0.6 is 11.6 Å². The third-order valence-corrected chi connectivity index (χ3v) is 4.63. The second-order valence-corrected chi connectivity index (χ2v) is 7.59. The summed E-state index contributed by atoms with van der Waals surface area (Å²) in [6.07, 6.45) is 0. The molecule has 0 saturated carbocycles. The lowest BCUT2D eigenvalue weighted by Gasteiger charge is -2.15. The molecule has 0 fully saturated rings. The first-order valence-corrected chi connectivity index (χ1v) is 9.59. The van der Waals surface area contributed by atoms with Crippen LogP contribution < -0.4 is 16.2 Å². The van der Waals surface area contributed by atoms with Crippen LogP contribution in [0.2, 0.25) is 5.02 Å². The first kappa shape index (κ1) is 20.6. The average molecular weight is 411 g/mol. The molecule has 0 spiro atoms. The summed E-state index contributed by atoms with van der Waals surface area (Å²) in [6.45, 7) is 7.45. The Hall–Kier alpha value is -3.12. The Kier molecular flexibility index (Phi) is 6.03. The minimum Gasteiger partial charge on any atom is -0.325 e. The van der Waals surface area contributed by atoms with Crippen LogP contribution in [0.1, 0.15) is 22.4 Å². The molecule has 1 amide bonds. The lowest BCUT2D eigenvalue weighted by atomic mass is 10.1. The number of nitrogens with zero attached hydrogens (tertiary/aromatic N) is 2. The maximum Gasteiger partial charge on any atom is 0.255 e. The van der Waals surface area contributed by atoms with Gasteiger partial charge in [0.25, 0.3) is 5.56 Å². The van der Waals surface area contributed by atoms with Gasteiger partial charge in [-0.05, 0) is 68.7 Å². The maximum atomic E-state index is 12.6. The van der Waals surface area contributed by atoms with Crippen LogP contribution in [-0.2, 0) is 11.3 Å². The van der Waals surface area contributed by atoms with Crippen LogP contribution in [0.25, 0.3) is 0 Å². The molecule has 0 aliphatic rings. The Bertz CT molecular complexity index is 1120. The topological polar surface area (TPSA) is 76.0 Å². The van der Waals surface area contributed by atoms with Crippen LogP contribution in [0.3, 0.4) is 0 Å². The highest BCUT2D eigenvalue weighted by Crippen LogP contribution is 2.23. The molecular formula is C22H23ClN4O2. The van der Waals surface area contributed by atoms with Gasteiger partial charge in [-0.2, -0.15) is 0 Å². The predicted molar refractivity (Wildman–Crippen MR) is 117 cm³/mol. The van der Waals surface area contributed by atoms with E-state index in [0.29, 0.717) is 22.4 Å². The number of aromatic nitrogens is 2. The van der Waals surface area contributed by atoms with Gasteiger partial charge < -0.3 is 10.6 Å². The smallest absolute Gasteiger partial charge is 0.255 e. The fraction of sp³-hybridized carbons (Fsp3) is 0.227. The molecule has 0 unspecified atom stereocenters. The van der Waals surface area contributed by atoms with Crippen LogP contribution in [0.15, 0.2) is 47.3 Å². The number of nitrogens with one attached hydrogen (secondary N) is 2. The van der Waals surface area contributed by atoms with E-state index < -0.39 is 0 Å². The molecule has 3 aromatic rings. The monoisotopic (exact) mass is 410 g/mol. The van der Waals surface area contributed by atoms with E-state index >= 15 is 0 Å². The van der Waals surface area contributed by atoms with E-state index in [2.05, 4.69) is 21.7 Å². The molecule has 0 aliphatic heterocycles. The van der Waals surface area contributed by atoms with Crippen LogP contribution in [-0.4, -0.2) is 15.5 Å². The molecule has 7 heteroatoms. The van der Waals surface area contributed by atoms with Crippen molar-refractivity contribution in [2.24, 2.45) is 0 Å². The Morgan fingerprint density at radius 3 is 2.34 bits per heavy atom. The fourth-order valence-corrected chi connectivity index (χ4v) is 3.38. The predicted octanol–water partition coefficient (Wildman–Crippen LogP) is 4.51. The zero-order chi connectivity index (χ0) is 21.1. The molecule has 1 heterocycles. The lowest BCUT2D eigenvalue weighted by Crippen LogP contribution is -2.30. The molecule has 0 aliphatic carbocycles. The van der Waals surface area contributed by atoms with Crippen molar-refractivity contribution in [1.29, 1.82) is 0 Å². The summed E-state index contributed by atoms with van der Waals surface area (Å²) in [5.41, 5.74) is 4.72. The molecule has 150 valence electrons. The normalized spacial score (nSPS) is 10.7. The Balaban J connectivity index is 1.88. The van der Waals surface area contributed by atoms with E-state index in [-0.39, 0.29) is 18.0 Å². The van der Waals surface area contributed by atoms with Gasteiger partial charge in [0.2, 0.25) is 11.9 Å². The number of anilines is 3. The third kappa shape index (κ3) is 5.23. The van der Waals surface area contributed by atoms with Crippen molar-refractivity contribution in [1.82, 2.24) is 9.55 Å². The number of benzene rings is 2.